The topological polar surface area (TPSA) is 372 Å². The van der Waals surface area contributed by atoms with E-state index in [1.807, 2.05) is 67.5 Å². The monoisotopic (exact) mass is 1150 g/mol. The molecule has 0 saturated heterocycles. The first-order valence-electron chi connectivity index (χ1n) is 25.4. The van der Waals surface area contributed by atoms with Gasteiger partial charge in [-0.15, -0.1) is 0 Å². The van der Waals surface area contributed by atoms with E-state index in [0.29, 0.717) is 53.3 Å². The van der Waals surface area contributed by atoms with Crippen molar-refractivity contribution in [3.05, 3.63) is 155 Å². The lowest BCUT2D eigenvalue weighted by Gasteiger charge is -2.23. The van der Waals surface area contributed by atoms with Gasteiger partial charge in [0.15, 0.2) is 17.0 Å². The van der Waals surface area contributed by atoms with Crippen molar-refractivity contribution < 1.29 is 54.9 Å². The van der Waals surface area contributed by atoms with Crippen molar-refractivity contribution >= 4 is 88.8 Å². The first-order valence-corrected chi connectivity index (χ1v) is 28.2. The zero-order valence-electron chi connectivity index (χ0n) is 44.4. The highest BCUT2D eigenvalue weighted by atomic mass is 32.2. The molecule has 422 valence electrons. The molecule has 1 aliphatic heterocycles. The maximum Gasteiger partial charge on any atom is 0.304 e. The number of rotatable bonds is 21. The zero-order valence-corrected chi connectivity index (χ0v) is 46.0. The van der Waals surface area contributed by atoms with Gasteiger partial charge in [0.2, 0.25) is 28.0 Å². The molecule has 2 aromatic heterocycles. The van der Waals surface area contributed by atoms with Crippen LogP contribution in [0.2, 0.25) is 0 Å². The van der Waals surface area contributed by atoms with Crippen LogP contribution < -0.4 is 42.5 Å². The van der Waals surface area contributed by atoms with Crippen molar-refractivity contribution in [2.45, 2.75) is 48.6 Å². The van der Waals surface area contributed by atoms with Crippen LogP contribution in [0.25, 0.3) is 44.6 Å². The number of anilines is 3. The molecule has 24 nitrogen and oxygen atoms in total. The average Bonchev–Trinajstić information content (AvgIpc) is 1.61. The number of nitrogen functional groups attached to an aromatic ring is 2. The van der Waals surface area contributed by atoms with E-state index < -0.39 is 58.3 Å². The van der Waals surface area contributed by atoms with Crippen LogP contribution in [-0.2, 0) is 44.6 Å². The molecule has 0 spiro atoms. The number of H-pyrrole nitrogens is 1. The number of aromatic nitrogens is 4. The Bertz CT molecular complexity index is 4190. The second-order valence-electron chi connectivity index (χ2n) is 19.2. The Kier molecular flexibility index (Phi) is 16.7. The molecule has 0 unspecified atom stereocenters. The summed E-state index contributed by atoms with van der Waals surface area (Å²) >= 11 is 0. The van der Waals surface area contributed by atoms with E-state index >= 15 is 0 Å². The molecule has 2 aliphatic rings. The second-order valence-corrected chi connectivity index (χ2v) is 21.8. The number of ether oxygens (including phenoxy) is 1. The van der Waals surface area contributed by atoms with Crippen molar-refractivity contribution in [3.8, 4) is 28.3 Å². The Hall–Kier alpha value is -9.63. The number of imidazole rings is 1. The molecule has 7 aromatic rings. The van der Waals surface area contributed by atoms with E-state index in [9.17, 15) is 40.3 Å². The molecule has 0 fully saturated rings. The fourth-order valence-electron chi connectivity index (χ4n) is 9.01. The molecule has 0 atom stereocenters. The quantitative estimate of drug-likeness (QED) is 0.0155. The third kappa shape index (κ3) is 13.0. The highest BCUT2D eigenvalue weighted by molar-refractivity contribution is 7.86. The van der Waals surface area contributed by atoms with Crippen molar-refractivity contribution in [1.29, 1.82) is 0 Å². The molecule has 3 heterocycles. The number of nitrogens with two attached hydrogens (primary N) is 3. The van der Waals surface area contributed by atoms with Gasteiger partial charge in [-0.3, -0.25) is 24.3 Å². The zero-order chi connectivity index (χ0) is 58.5. The summed E-state index contributed by atoms with van der Waals surface area (Å²) in [4.78, 5) is 57.9. The minimum absolute atomic E-state index is 0.00599. The Morgan fingerprint density at radius 2 is 1.48 bits per heavy atom. The van der Waals surface area contributed by atoms with Crippen molar-refractivity contribution in [2.24, 2.45) is 10.2 Å². The molecule has 10 N–H and O–H groups in total. The number of carbonyl (C=O) groups is 3. The first kappa shape index (κ1) is 57.1. The number of amides is 3. The van der Waals surface area contributed by atoms with Crippen LogP contribution in [-0.4, -0.2) is 103 Å². The number of aromatic amines is 1. The van der Waals surface area contributed by atoms with E-state index in [2.05, 4.69) is 40.8 Å². The highest BCUT2D eigenvalue weighted by Gasteiger charge is 2.32. The number of azo groups is 1. The Morgan fingerprint density at radius 3 is 2.16 bits per heavy atom. The van der Waals surface area contributed by atoms with Crippen LogP contribution in [0, 0.1) is 0 Å². The van der Waals surface area contributed by atoms with Crippen LogP contribution in [0.3, 0.4) is 0 Å². The highest BCUT2D eigenvalue weighted by Crippen LogP contribution is 2.45. The number of aryl methyl sites for hydroxylation is 1. The average molecular weight is 1150 g/mol. The first-order chi connectivity index (χ1) is 39.1. The minimum Gasteiger partial charge on any atom is -0.744 e. The predicted molar refractivity (Wildman–Crippen MR) is 302 cm³/mol. The molecule has 0 saturated carbocycles. The Balaban J connectivity index is 0.754. The number of fused-ring (bicyclic) bond motifs is 3. The van der Waals surface area contributed by atoms with Crippen LogP contribution in [0.4, 0.5) is 28.7 Å². The molecule has 0 radical (unpaired) electrons. The number of carbonyl (C=O) groups excluding carboxylic acids is 3. The van der Waals surface area contributed by atoms with Gasteiger partial charge in [-0.2, -0.15) is 28.6 Å². The lowest BCUT2D eigenvalue weighted by molar-refractivity contribution is -0.176. The molecule has 9 rings (SSSR count). The van der Waals surface area contributed by atoms with Gasteiger partial charge in [0.25, 0.3) is 11.8 Å². The van der Waals surface area contributed by atoms with Crippen LogP contribution >= 0.6 is 0 Å². The fraction of sp³-hybridized carbons (Fsp3) is 0.196. The summed E-state index contributed by atoms with van der Waals surface area (Å²) in [7, 11) is -4.98. The summed E-state index contributed by atoms with van der Waals surface area (Å²) in [6.07, 6.45) is 1.40. The molecule has 82 heavy (non-hydrogen) atoms. The van der Waals surface area contributed by atoms with Crippen molar-refractivity contribution in [1.82, 2.24) is 35.5 Å². The minimum atomic E-state index is -5.34. The number of nitrogens with zero attached hydrogens (tertiary/aromatic N) is 7. The Morgan fingerprint density at radius 1 is 0.793 bits per heavy atom. The summed E-state index contributed by atoms with van der Waals surface area (Å²) in [6, 6.07) is 33.2. The number of hydrogen-bond donors (Lipinski definition) is 7. The van der Waals surface area contributed by atoms with E-state index in [4.69, 9.17) is 26.0 Å². The third-order valence-electron chi connectivity index (χ3n) is 13.1. The summed E-state index contributed by atoms with van der Waals surface area (Å²) in [5, 5.41) is 19.9. The van der Waals surface area contributed by atoms with Gasteiger partial charge in [0.1, 0.15) is 33.0 Å². The van der Waals surface area contributed by atoms with Crippen LogP contribution in [0.1, 0.15) is 56.9 Å². The number of hydrogen-bond acceptors (Lipinski definition) is 18. The summed E-state index contributed by atoms with van der Waals surface area (Å²) in [5.41, 5.74) is 16.5. The molecule has 1 aliphatic carbocycles. The van der Waals surface area contributed by atoms with E-state index in [1.165, 1.54) is 48.3 Å². The van der Waals surface area contributed by atoms with Gasteiger partial charge in [0, 0.05) is 93.0 Å². The lowest BCUT2D eigenvalue weighted by Crippen LogP contribution is -2.47. The largest absolute Gasteiger partial charge is 0.744 e. The predicted octanol–water partition coefficient (Wildman–Crippen LogP) is 5.44. The lowest BCUT2D eigenvalue weighted by atomic mass is 9.90. The van der Waals surface area contributed by atoms with Gasteiger partial charge < -0.3 is 50.6 Å². The molecule has 3 amide bonds. The summed E-state index contributed by atoms with van der Waals surface area (Å²) in [6.45, 7) is 0.866. The van der Waals surface area contributed by atoms with Crippen LogP contribution in [0.15, 0.2) is 146 Å². The Labute approximate surface area is 469 Å². The molecule has 0 bridgehead atoms. The third-order valence-corrected chi connectivity index (χ3v) is 15.0. The van der Waals surface area contributed by atoms with E-state index in [-0.39, 0.29) is 83.8 Å². The number of benzene rings is 6. The standard InChI is InChI=1S/C56H55N13O11S2/c1-68(2)37-22-20-36(21-23-37)67-66-35-18-16-34(17-19-35)53(71)60-28-6-10-44-62-47-52(63-44)64-56(59)65-54(47)79-31-33-14-12-32(13-15-33)30-61-45(70)11-7-29-69(3)55(72)39-9-5-4-8-38(39)46-40-24-26-42(57)50(81(73,74)75)48(40)80-49-41(46)25-27-43(58)51(49)82(76,77)78/h4-5,8-9,12-27,57H,6-7,10-11,28-31,58H2,1-3H3,(H,60,71)(H,61,70)(H,73,74,75)(H,76,77,78)(H3,59,62,63,64,65). The van der Waals surface area contributed by atoms with Gasteiger partial charge in [-0.05, 0) is 102 Å². The van der Waals surface area contributed by atoms with E-state index in [1.54, 1.807) is 36.4 Å². The maximum absolute atomic E-state index is 14.2. The summed E-state index contributed by atoms with van der Waals surface area (Å²) < 4.78 is 85.0. The SMILES string of the molecule is CN(CCCC(=O)NCc1ccc(COc2nc(N)nc3nc(CCCNC(=O)c4ccc(N=Nc5ccc(N(C)C)cc5)cc4)[nH]c23)cc1)C(=O)c1ccccc1-c1c2ccc(=[NH2+])c(S(=O)(=O)O)c-2oc2c(S(=O)(=O)[O-])c(N)ccc12. The van der Waals surface area contributed by atoms with Gasteiger partial charge in [0.05, 0.1) is 17.1 Å². The van der Waals surface area contributed by atoms with Gasteiger partial charge in [-0.25, -0.2) is 13.4 Å². The summed E-state index contributed by atoms with van der Waals surface area (Å²) in [5.74, 6) is -0.785. The van der Waals surface area contributed by atoms with Gasteiger partial charge >= 0.3 is 10.1 Å². The normalized spacial score (nSPS) is 11.8. The second kappa shape index (κ2) is 24.0. The van der Waals surface area contributed by atoms with Gasteiger partial charge in [-0.1, -0.05) is 42.5 Å². The maximum atomic E-state index is 14.2. The van der Waals surface area contributed by atoms with E-state index in [0.717, 1.165) is 16.8 Å². The van der Waals surface area contributed by atoms with Crippen molar-refractivity contribution in [3.63, 3.8) is 0 Å². The van der Waals surface area contributed by atoms with Crippen molar-refractivity contribution in [2.75, 3.05) is 50.6 Å². The smallest absolute Gasteiger partial charge is 0.304 e. The molecule has 26 heteroatoms. The van der Waals surface area contributed by atoms with Crippen LogP contribution in [0.5, 0.6) is 5.88 Å². The molecular formula is C56H55N13O11S2. The molecular weight excluding hydrogens is 1090 g/mol. The molecule has 5 aromatic carbocycles. The number of nitrogens with one attached hydrogen (secondary N) is 3. The fourth-order valence-corrected chi connectivity index (χ4v) is 10.5.